The van der Waals surface area contributed by atoms with Crippen LogP contribution in [0.3, 0.4) is 0 Å². The zero-order chi connectivity index (χ0) is 20.9. The molecule has 0 fully saturated rings. The molecule has 0 saturated carbocycles. The van der Waals surface area contributed by atoms with Crippen molar-refractivity contribution in [2.24, 2.45) is 0 Å². The van der Waals surface area contributed by atoms with E-state index in [1.807, 2.05) is 30.3 Å². The summed E-state index contributed by atoms with van der Waals surface area (Å²) in [6.07, 6.45) is 3.12. The number of hydrogen-bond donors (Lipinski definition) is 2. The van der Waals surface area contributed by atoms with Gasteiger partial charge in [-0.05, 0) is 42.0 Å². The highest BCUT2D eigenvalue weighted by Crippen LogP contribution is 2.23. The summed E-state index contributed by atoms with van der Waals surface area (Å²) < 4.78 is 26.5. The standard InChI is InChI=1S/C21H15F2N5OS/c22-14-8-13(9-15(23)10-14)11-25-20(29)18-12-26-21(30-18)28-19-6-3-5-17(27-19)16-4-1-2-7-24-16/h1-10,12H,11H2,(H,25,29)(H,26,27,28). The number of benzene rings is 1. The zero-order valence-electron chi connectivity index (χ0n) is 15.5. The molecule has 0 aliphatic carbocycles. The molecule has 0 atom stereocenters. The molecule has 0 radical (unpaired) electrons. The van der Waals surface area contributed by atoms with Gasteiger partial charge in [0.05, 0.1) is 17.6 Å². The third-order valence-electron chi connectivity index (χ3n) is 4.02. The highest BCUT2D eigenvalue weighted by Gasteiger charge is 2.12. The maximum absolute atomic E-state index is 13.2. The number of anilines is 2. The second kappa shape index (κ2) is 8.75. The summed E-state index contributed by atoms with van der Waals surface area (Å²) in [5, 5.41) is 6.18. The van der Waals surface area contributed by atoms with Crippen molar-refractivity contribution in [2.45, 2.75) is 6.54 Å². The Bertz CT molecular complexity index is 1160. The predicted molar refractivity (Wildman–Crippen MR) is 110 cm³/mol. The molecular formula is C21H15F2N5OS. The number of amides is 1. The first-order valence-electron chi connectivity index (χ1n) is 8.91. The molecule has 0 aliphatic rings. The van der Waals surface area contributed by atoms with E-state index in [-0.39, 0.29) is 12.5 Å². The number of carbonyl (C=O) groups is 1. The van der Waals surface area contributed by atoms with Gasteiger partial charge in [-0.1, -0.05) is 23.5 Å². The molecular weight excluding hydrogens is 408 g/mol. The molecule has 4 rings (SSSR count). The van der Waals surface area contributed by atoms with Crippen LogP contribution in [-0.4, -0.2) is 20.9 Å². The van der Waals surface area contributed by atoms with Crippen LogP contribution < -0.4 is 10.6 Å². The SMILES string of the molecule is O=C(NCc1cc(F)cc(F)c1)c1cnc(Nc2cccc(-c3ccccn3)n2)s1. The van der Waals surface area contributed by atoms with Crippen LogP contribution in [0.2, 0.25) is 0 Å². The summed E-state index contributed by atoms with van der Waals surface area (Å²) >= 11 is 1.14. The monoisotopic (exact) mass is 423 g/mol. The molecule has 150 valence electrons. The quantitative estimate of drug-likeness (QED) is 0.476. The molecule has 0 bridgehead atoms. The summed E-state index contributed by atoms with van der Waals surface area (Å²) in [7, 11) is 0. The number of pyridine rings is 2. The molecule has 0 spiro atoms. The molecule has 6 nitrogen and oxygen atoms in total. The van der Waals surface area contributed by atoms with Gasteiger partial charge in [0.2, 0.25) is 0 Å². The molecule has 0 unspecified atom stereocenters. The Balaban J connectivity index is 1.41. The maximum atomic E-state index is 13.2. The first kappa shape index (κ1) is 19.6. The van der Waals surface area contributed by atoms with Crippen LogP contribution in [0.1, 0.15) is 15.2 Å². The second-order valence-electron chi connectivity index (χ2n) is 6.24. The van der Waals surface area contributed by atoms with Gasteiger partial charge in [-0.2, -0.15) is 0 Å². The number of thiazole rings is 1. The van der Waals surface area contributed by atoms with Gasteiger partial charge in [0.15, 0.2) is 5.13 Å². The third kappa shape index (κ3) is 4.81. The van der Waals surface area contributed by atoms with E-state index < -0.39 is 11.6 Å². The number of aromatic nitrogens is 3. The molecule has 9 heteroatoms. The molecule has 1 amide bonds. The fourth-order valence-electron chi connectivity index (χ4n) is 2.69. The molecule has 3 aromatic heterocycles. The first-order valence-corrected chi connectivity index (χ1v) is 9.73. The minimum atomic E-state index is -0.691. The number of nitrogens with zero attached hydrogens (tertiary/aromatic N) is 3. The summed E-state index contributed by atoms with van der Waals surface area (Å²) in [4.78, 5) is 25.6. The largest absolute Gasteiger partial charge is 0.347 e. The number of nitrogens with one attached hydrogen (secondary N) is 2. The van der Waals surface area contributed by atoms with Crippen molar-refractivity contribution in [1.82, 2.24) is 20.3 Å². The molecule has 4 aromatic rings. The van der Waals surface area contributed by atoms with Gasteiger partial charge in [0.25, 0.3) is 5.91 Å². The Labute approximate surface area is 174 Å². The number of rotatable bonds is 6. The minimum absolute atomic E-state index is 0.00184. The van der Waals surface area contributed by atoms with Crippen molar-refractivity contribution in [3.05, 3.63) is 89.1 Å². The fourth-order valence-corrected chi connectivity index (χ4v) is 3.43. The van der Waals surface area contributed by atoms with Crippen LogP contribution in [-0.2, 0) is 6.54 Å². The lowest BCUT2D eigenvalue weighted by Crippen LogP contribution is -2.21. The van der Waals surface area contributed by atoms with Gasteiger partial charge < -0.3 is 10.6 Å². The van der Waals surface area contributed by atoms with E-state index in [4.69, 9.17) is 0 Å². The lowest BCUT2D eigenvalue weighted by Gasteiger charge is -2.05. The summed E-state index contributed by atoms with van der Waals surface area (Å²) in [6, 6.07) is 14.2. The van der Waals surface area contributed by atoms with Crippen LogP contribution in [0.4, 0.5) is 19.7 Å². The van der Waals surface area contributed by atoms with Crippen molar-refractivity contribution >= 4 is 28.2 Å². The van der Waals surface area contributed by atoms with E-state index in [0.29, 0.717) is 27.1 Å². The Morgan fingerprint density at radius 3 is 2.53 bits per heavy atom. The third-order valence-corrected chi connectivity index (χ3v) is 4.93. The lowest BCUT2D eigenvalue weighted by molar-refractivity contribution is 0.0954. The first-order chi connectivity index (χ1) is 14.6. The van der Waals surface area contributed by atoms with E-state index in [0.717, 1.165) is 23.1 Å². The number of carbonyl (C=O) groups excluding carboxylic acids is 1. The van der Waals surface area contributed by atoms with Gasteiger partial charge in [0, 0.05) is 18.8 Å². The average Bonchev–Trinajstić information content (AvgIpc) is 3.21. The highest BCUT2D eigenvalue weighted by molar-refractivity contribution is 7.17. The highest BCUT2D eigenvalue weighted by atomic mass is 32.1. The second-order valence-corrected chi connectivity index (χ2v) is 7.27. The Kier molecular flexibility index (Phi) is 5.71. The summed E-state index contributed by atoms with van der Waals surface area (Å²) in [5.41, 5.74) is 1.78. The molecule has 1 aromatic carbocycles. The van der Waals surface area contributed by atoms with Crippen LogP contribution in [0.15, 0.2) is 67.0 Å². The molecule has 30 heavy (non-hydrogen) atoms. The molecule has 2 N–H and O–H groups in total. The molecule has 0 aliphatic heterocycles. The van der Waals surface area contributed by atoms with Crippen LogP contribution in [0.5, 0.6) is 0 Å². The normalized spacial score (nSPS) is 10.6. The van der Waals surface area contributed by atoms with Crippen LogP contribution in [0.25, 0.3) is 11.4 Å². The van der Waals surface area contributed by atoms with Gasteiger partial charge >= 0.3 is 0 Å². The Morgan fingerprint density at radius 2 is 1.77 bits per heavy atom. The smallest absolute Gasteiger partial charge is 0.263 e. The van der Waals surface area contributed by atoms with Crippen LogP contribution in [0, 0.1) is 11.6 Å². The maximum Gasteiger partial charge on any atom is 0.263 e. The van der Waals surface area contributed by atoms with Crippen LogP contribution >= 0.6 is 11.3 Å². The van der Waals surface area contributed by atoms with Crippen molar-refractivity contribution in [2.75, 3.05) is 5.32 Å². The van der Waals surface area contributed by atoms with Gasteiger partial charge in [-0.25, -0.2) is 18.7 Å². The number of halogens is 2. The molecule has 3 heterocycles. The summed E-state index contributed by atoms with van der Waals surface area (Å²) in [5.74, 6) is -1.21. The minimum Gasteiger partial charge on any atom is -0.347 e. The Morgan fingerprint density at radius 1 is 0.967 bits per heavy atom. The van der Waals surface area contributed by atoms with E-state index >= 15 is 0 Å². The Hall–Kier alpha value is -3.72. The van der Waals surface area contributed by atoms with Gasteiger partial charge in [-0.15, -0.1) is 0 Å². The molecule has 0 saturated heterocycles. The van der Waals surface area contributed by atoms with Crippen molar-refractivity contribution in [3.63, 3.8) is 0 Å². The van der Waals surface area contributed by atoms with E-state index in [2.05, 4.69) is 25.6 Å². The van der Waals surface area contributed by atoms with Gasteiger partial charge in [0.1, 0.15) is 22.3 Å². The van der Waals surface area contributed by atoms with E-state index in [9.17, 15) is 13.6 Å². The van der Waals surface area contributed by atoms with E-state index in [1.54, 1.807) is 12.3 Å². The van der Waals surface area contributed by atoms with E-state index in [1.165, 1.54) is 18.3 Å². The average molecular weight is 423 g/mol. The van der Waals surface area contributed by atoms with Crippen molar-refractivity contribution in [3.8, 4) is 11.4 Å². The predicted octanol–water partition coefficient (Wildman–Crippen LogP) is 4.55. The fraction of sp³-hybridized carbons (Fsp3) is 0.0476. The van der Waals surface area contributed by atoms with Gasteiger partial charge in [-0.3, -0.25) is 9.78 Å². The lowest BCUT2D eigenvalue weighted by atomic mass is 10.2. The topological polar surface area (TPSA) is 79.8 Å². The van der Waals surface area contributed by atoms with Crippen molar-refractivity contribution in [1.29, 1.82) is 0 Å². The van der Waals surface area contributed by atoms with Crippen molar-refractivity contribution < 1.29 is 13.6 Å². The summed E-state index contributed by atoms with van der Waals surface area (Å²) in [6.45, 7) is 0.00184. The zero-order valence-corrected chi connectivity index (χ0v) is 16.3. The number of hydrogen-bond acceptors (Lipinski definition) is 6.